The molecule has 11 bridgehead atoms. The molecule has 588 valence electrons. The van der Waals surface area contributed by atoms with Gasteiger partial charge in [0, 0.05) is 41.3 Å². The summed E-state index contributed by atoms with van der Waals surface area (Å²) >= 11 is 14.2. The summed E-state index contributed by atoms with van der Waals surface area (Å²) in [6.07, 6.45) is -18.7. The first-order chi connectivity index (χ1) is 52.7. The molecule has 0 aromatic heterocycles. The van der Waals surface area contributed by atoms with Crippen LogP contribution in [0.15, 0.2) is 121 Å². The number of hydrogen-bond donors (Lipinski definition) is 19. The van der Waals surface area contributed by atoms with Crippen LogP contribution in [0.3, 0.4) is 0 Å². The molecule has 0 spiro atoms. The molecule has 0 aliphatic carbocycles. The van der Waals surface area contributed by atoms with Gasteiger partial charge in [0.1, 0.15) is 89.5 Å². The van der Waals surface area contributed by atoms with Crippen LogP contribution in [0.4, 0.5) is 0 Å². The van der Waals surface area contributed by atoms with Gasteiger partial charge in [0.15, 0.2) is 29.9 Å². The predicted molar refractivity (Wildman–Crippen MR) is 391 cm³/mol. The number of benzene rings is 7. The molecule has 33 nitrogen and oxygen atoms in total. The van der Waals surface area contributed by atoms with E-state index in [1.165, 1.54) is 12.1 Å². The second-order valence-corrected chi connectivity index (χ2v) is 29.2. The highest BCUT2D eigenvalue weighted by atomic mass is 35.5. The summed E-state index contributed by atoms with van der Waals surface area (Å²) in [5.41, 5.74) is 8.78. The lowest BCUT2D eigenvalue weighted by molar-refractivity contribution is -0.334. The van der Waals surface area contributed by atoms with Gasteiger partial charge in [-0.3, -0.25) is 33.6 Å². The van der Waals surface area contributed by atoms with Gasteiger partial charge in [-0.25, -0.2) is 4.79 Å². The molecule has 7 aromatic carbocycles. The number of aliphatic carboxylic acids is 1. The smallest absolute Gasteiger partial charge is 0.330 e. The SMILES string of the molecule is CC(C)C[C@@H](N)C(=O)N[C@H]1C(=O)N[C@@H](CC(N)=O)C(=O)N[C@H]2C(=O)N[C@H]3C(=O)N[C@H](C(=O)N[C@H](C(=O)O)c4cc(O)cc(O)c4-c4cc3ccc4O)[C@H](O)c3ccc(c(Cl)c3)Oc3cc2cc(c3O[C@@H]2O[C@H](CO)[C@@H](O)[C@H](O)[C@H]2O[C@H]2C[C@](C)(NCc3ccc4ccccc4c3)[C@H](O)[C@H](C)O2)Oc2ccc(cc2Cl)[C@H]1O. The molecule has 18 atom stereocenters. The number of carboxylic acid groups (broad SMARTS) is 1. The van der Waals surface area contributed by atoms with E-state index in [-0.39, 0.29) is 52.8 Å². The number of primary amides is 1. The number of amides is 7. The van der Waals surface area contributed by atoms with Crippen molar-refractivity contribution in [1.82, 2.24) is 37.2 Å². The summed E-state index contributed by atoms with van der Waals surface area (Å²) < 4.78 is 39.3. The average molecular weight is 1580 g/mol. The van der Waals surface area contributed by atoms with Crippen LogP contribution in [-0.4, -0.2) is 184 Å². The van der Waals surface area contributed by atoms with Crippen LogP contribution in [0, 0.1) is 5.92 Å². The lowest BCUT2D eigenvalue weighted by Gasteiger charge is -2.48. The largest absolute Gasteiger partial charge is 0.508 e. The number of phenolic OH excluding ortho intramolecular Hbond substituents is 3. The summed E-state index contributed by atoms with van der Waals surface area (Å²) in [5.74, 6) is -16.3. The maximum absolute atomic E-state index is 16.1. The van der Waals surface area contributed by atoms with Crippen molar-refractivity contribution in [3.8, 4) is 57.1 Å². The van der Waals surface area contributed by atoms with E-state index in [4.69, 9.17) is 63.1 Å². The number of ether oxygens (including phenoxy) is 6. The zero-order valence-electron chi connectivity index (χ0n) is 59.6. The number of rotatable bonds is 15. The fourth-order valence-electron chi connectivity index (χ4n) is 14.1. The van der Waals surface area contributed by atoms with Crippen LogP contribution in [0.25, 0.3) is 21.9 Å². The lowest BCUT2D eigenvalue weighted by Crippen LogP contribution is -2.65. The second-order valence-electron chi connectivity index (χ2n) is 28.4. The molecule has 14 rings (SSSR count). The summed E-state index contributed by atoms with van der Waals surface area (Å²) in [7, 11) is 0. The Bertz CT molecular complexity index is 4810. The maximum atomic E-state index is 16.1. The van der Waals surface area contributed by atoms with E-state index >= 15 is 14.4 Å². The summed E-state index contributed by atoms with van der Waals surface area (Å²) in [4.78, 5) is 117. The minimum atomic E-state index is -2.36. The third-order valence-electron chi connectivity index (χ3n) is 19.9. The Hall–Kier alpha value is -10.5. The lowest BCUT2D eigenvalue weighted by atomic mass is 9.84. The van der Waals surface area contributed by atoms with Gasteiger partial charge in [0.05, 0.1) is 41.3 Å². The van der Waals surface area contributed by atoms with Crippen molar-refractivity contribution in [2.75, 3.05) is 6.61 Å². The van der Waals surface area contributed by atoms with Crippen LogP contribution in [0.1, 0.15) is 111 Å². The number of carbonyl (C=O) groups is 8. The molecule has 7 amide bonds. The van der Waals surface area contributed by atoms with Crippen molar-refractivity contribution in [2.24, 2.45) is 17.4 Å². The predicted octanol–water partition coefficient (Wildman–Crippen LogP) is 2.83. The first-order valence-electron chi connectivity index (χ1n) is 35.1. The third-order valence-corrected chi connectivity index (χ3v) is 20.5. The molecule has 2 saturated heterocycles. The number of carbonyl (C=O) groups excluding carboxylic acids is 7. The molecule has 2 fully saturated rings. The van der Waals surface area contributed by atoms with Gasteiger partial charge in [-0.1, -0.05) is 91.6 Å². The van der Waals surface area contributed by atoms with E-state index < -0.39 is 237 Å². The Morgan fingerprint density at radius 3 is 1.95 bits per heavy atom. The number of phenols is 3. The van der Waals surface area contributed by atoms with E-state index in [0.717, 1.165) is 83.1 Å². The van der Waals surface area contributed by atoms with E-state index in [2.05, 4.69) is 37.2 Å². The van der Waals surface area contributed by atoms with Crippen molar-refractivity contribution in [3.63, 3.8) is 0 Å². The number of carboxylic acids is 1. The second kappa shape index (κ2) is 32.8. The molecule has 7 heterocycles. The number of aromatic hydroxyl groups is 3. The summed E-state index contributed by atoms with van der Waals surface area (Å²) in [6, 6.07) is 12.5. The standard InChI is InChI=1S/C76H81Cl2N9O24/c1-30(2)17-44(79)68(98)86-59-61(93)36-12-15-48(42(77)20-36)107-50-22-38-23-51(65(50)111-75-66(64(96)63(95)52(29-88)109-75)110-54-27-76(4,67(97)31(3)106-54)81-28-32-9-10-33-7-5-6-8-34(33)18-32)108-49-16-13-37(21-43(49)78)62(94)60-73(103)85-58(74(104)105)41-24-39(89)25-47(91)55(41)40-19-35(11-14-46(40)90)56(70(100)87-60)84-71(101)57(38)83-69(99)45(26-53(80)92)82-72(59)102/h5-16,18-25,30-31,44-45,52,54,56-64,66-67,75,81,88-91,93-97H,17,26-29,79H2,1-4H3,(H2,80,92)(H,82,102)(H,83,99)(H,84,101)(H,85,103)(H,86,98)(H,87,100)(H,104,105)/t31-,44+,45-,52+,54-,56+,57+,58-,59+,60-,61+,62+,63+,64-,66+,67+,75-,76-/m0/s1. The molecule has 7 aromatic rings. The summed E-state index contributed by atoms with van der Waals surface area (Å²) in [6.45, 7) is 6.08. The van der Waals surface area contributed by atoms with Gasteiger partial charge >= 0.3 is 5.97 Å². The van der Waals surface area contributed by atoms with Crippen LogP contribution >= 0.6 is 23.2 Å². The number of aliphatic hydroxyl groups excluding tert-OH is 6. The Morgan fingerprint density at radius 2 is 1.31 bits per heavy atom. The van der Waals surface area contributed by atoms with Gasteiger partial charge in [0.2, 0.25) is 53.4 Å². The van der Waals surface area contributed by atoms with Crippen LogP contribution < -0.4 is 62.9 Å². The number of nitrogens with one attached hydrogen (secondary N) is 7. The number of nitrogens with two attached hydrogens (primary N) is 2. The molecule has 0 unspecified atom stereocenters. The fourth-order valence-corrected chi connectivity index (χ4v) is 14.5. The van der Waals surface area contributed by atoms with Gasteiger partial charge in [-0.15, -0.1) is 0 Å². The molecule has 0 radical (unpaired) electrons. The Labute approximate surface area is 642 Å². The number of hydrogen-bond acceptors (Lipinski definition) is 25. The molecule has 7 aliphatic heterocycles. The number of halogens is 2. The molecule has 21 N–H and O–H groups in total. The van der Waals surface area contributed by atoms with Crippen molar-refractivity contribution < 1.29 is 118 Å². The molecule has 7 aliphatic rings. The van der Waals surface area contributed by atoms with Gasteiger partial charge in [0.25, 0.3) is 0 Å². The quantitative estimate of drug-likeness (QED) is 0.0701. The Kier molecular flexibility index (Phi) is 23.7. The minimum Gasteiger partial charge on any atom is -0.508 e. The number of fused-ring (bicyclic) bond motifs is 16. The zero-order valence-corrected chi connectivity index (χ0v) is 61.1. The van der Waals surface area contributed by atoms with E-state index in [0.29, 0.717) is 0 Å². The Balaban J connectivity index is 1.06. The highest BCUT2D eigenvalue weighted by Crippen LogP contribution is 2.50. The fraction of sp³-hybridized carbons (Fsp3) is 0.368. The zero-order chi connectivity index (χ0) is 79.9. The average Bonchev–Trinajstić information content (AvgIpc) is 0.767. The first kappa shape index (κ1) is 80.0. The van der Waals surface area contributed by atoms with Crippen molar-refractivity contribution >= 4 is 81.3 Å². The van der Waals surface area contributed by atoms with Crippen LogP contribution in [0.2, 0.25) is 10.0 Å². The minimum absolute atomic E-state index is 0.0714. The van der Waals surface area contributed by atoms with E-state index in [9.17, 15) is 75.0 Å². The maximum Gasteiger partial charge on any atom is 0.330 e. The third kappa shape index (κ3) is 17.1. The van der Waals surface area contributed by atoms with Crippen LogP contribution in [-0.2, 0) is 59.1 Å². The monoisotopic (exact) mass is 1570 g/mol. The molecular formula is C76H81Cl2N9O24. The van der Waals surface area contributed by atoms with E-state index in [1.54, 1.807) is 27.7 Å². The Morgan fingerprint density at radius 1 is 0.676 bits per heavy atom. The van der Waals surface area contributed by atoms with E-state index in [1.807, 2.05) is 42.5 Å². The molecular weight excluding hydrogens is 1490 g/mol. The van der Waals surface area contributed by atoms with Crippen LogP contribution in [0.5, 0.6) is 46.0 Å². The molecule has 0 saturated carbocycles. The molecule has 35 heteroatoms. The van der Waals surface area contributed by atoms with Crippen molar-refractivity contribution in [3.05, 3.63) is 165 Å². The number of aliphatic hydroxyl groups is 6. The normalized spacial score (nSPS) is 27.9. The van der Waals surface area contributed by atoms with Gasteiger partial charge in [-0.2, -0.15) is 0 Å². The van der Waals surface area contributed by atoms with Crippen molar-refractivity contribution in [1.29, 1.82) is 0 Å². The van der Waals surface area contributed by atoms with Gasteiger partial charge < -0.3 is 128 Å². The summed E-state index contributed by atoms with van der Waals surface area (Å²) in [5, 5.41) is 135. The highest BCUT2D eigenvalue weighted by Gasteiger charge is 2.52. The first-order valence-corrected chi connectivity index (χ1v) is 35.9. The topological polar surface area (TPSA) is 530 Å². The van der Waals surface area contributed by atoms with Gasteiger partial charge in [-0.05, 0) is 125 Å². The molecule has 111 heavy (non-hydrogen) atoms. The highest BCUT2D eigenvalue weighted by molar-refractivity contribution is 6.32. The van der Waals surface area contributed by atoms with Crippen molar-refractivity contribution in [2.45, 2.75) is 163 Å².